The summed E-state index contributed by atoms with van der Waals surface area (Å²) in [6.07, 6.45) is 3.57. The van der Waals surface area contributed by atoms with E-state index in [-0.39, 0.29) is 5.91 Å². The Morgan fingerprint density at radius 3 is 2.08 bits per heavy atom. The Morgan fingerprint density at radius 2 is 1.60 bits per heavy atom. The molecule has 8 heteroatoms. The summed E-state index contributed by atoms with van der Waals surface area (Å²) in [5.41, 5.74) is 2.05. The van der Waals surface area contributed by atoms with Gasteiger partial charge in [-0.05, 0) is 56.1 Å². The number of hydrogen-bond acceptors (Lipinski definition) is 4. The van der Waals surface area contributed by atoms with E-state index in [4.69, 9.17) is 0 Å². The highest BCUT2D eigenvalue weighted by atomic mass is 79.9. The molecule has 1 fully saturated rings. The Balaban J connectivity index is 0.000000212. The highest BCUT2D eigenvalue weighted by Gasteiger charge is 2.20. The van der Waals surface area contributed by atoms with Crippen molar-refractivity contribution in [3.8, 4) is 0 Å². The number of pyridine rings is 2. The van der Waals surface area contributed by atoms with E-state index in [0.29, 0.717) is 6.54 Å². The van der Waals surface area contributed by atoms with E-state index in [1.807, 2.05) is 31.3 Å². The zero-order valence-corrected chi connectivity index (χ0v) is 18.6. The molecule has 25 heavy (non-hydrogen) atoms. The number of likely N-dealkylation sites (N-methyl/N-ethyl adjacent to an activating group) is 1. The maximum Gasteiger partial charge on any atom is 0.236 e. The molecule has 1 amide bonds. The lowest BCUT2D eigenvalue weighted by Crippen LogP contribution is -2.48. The smallest absolute Gasteiger partial charge is 0.236 e. The van der Waals surface area contributed by atoms with E-state index in [1.54, 1.807) is 17.3 Å². The average Bonchev–Trinajstić information content (AvgIpc) is 2.61. The fraction of sp³-hybridized carbons (Fsp3) is 0.353. The van der Waals surface area contributed by atoms with Crippen LogP contribution < -0.4 is 0 Å². The van der Waals surface area contributed by atoms with Crippen molar-refractivity contribution in [2.24, 2.45) is 0 Å². The number of carbonyl (C=O) groups is 1. The van der Waals surface area contributed by atoms with Gasteiger partial charge in [0.15, 0.2) is 0 Å². The molecule has 3 heterocycles. The van der Waals surface area contributed by atoms with Crippen molar-refractivity contribution < 1.29 is 4.79 Å². The van der Waals surface area contributed by atoms with Gasteiger partial charge in [-0.1, -0.05) is 15.9 Å². The summed E-state index contributed by atoms with van der Waals surface area (Å²) < 4.78 is 2.00. The van der Waals surface area contributed by atoms with E-state index in [1.165, 1.54) is 0 Å². The average molecular weight is 535 g/mol. The summed E-state index contributed by atoms with van der Waals surface area (Å²) in [6, 6.07) is 7.90. The lowest BCUT2D eigenvalue weighted by atomic mass is 10.3. The van der Waals surface area contributed by atoms with Crippen LogP contribution in [0.5, 0.6) is 0 Å². The molecule has 0 N–H and O–H groups in total. The van der Waals surface area contributed by atoms with Gasteiger partial charge < -0.3 is 4.90 Å². The van der Waals surface area contributed by atoms with Crippen LogP contribution >= 0.6 is 47.8 Å². The van der Waals surface area contributed by atoms with Crippen molar-refractivity contribution >= 4 is 53.7 Å². The lowest BCUT2D eigenvalue weighted by molar-refractivity contribution is -0.134. The van der Waals surface area contributed by atoms with Gasteiger partial charge in [-0.3, -0.25) is 19.7 Å². The van der Waals surface area contributed by atoms with Crippen molar-refractivity contribution in [2.75, 3.05) is 26.7 Å². The number of hydrogen-bond donors (Lipinski definition) is 0. The van der Waals surface area contributed by atoms with Gasteiger partial charge in [0, 0.05) is 53.4 Å². The summed E-state index contributed by atoms with van der Waals surface area (Å²) in [6.45, 7) is 2.95. The van der Waals surface area contributed by atoms with E-state index < -0.39 is 0 Å². The number of amides is 1. The van der Waals surface area contributed by atoms with Gasteiger partial charge in [0.25, 0.3) is 0 Å². The quantitative estimate of drug-likeness (QED) is 0.561. The Morgan fingerprint density at radius 1 is 1.00 bits per heavy atom. The van der Waals surface area contributed by atoms with Gasteiger partial charge >= 0.3 is 0 Å². The van der Waals surface area contributed by atoms with Gasteiger partial charge in [-0.15, -0.1) is 0 Å². The fourth-order valence-corrected chi connectivity index (χ4v) is 2.96. The molecule has 134 valence electrons. The molecular formula is C17H19Br3N4O. The summed E-state index contributed by atoms with van der Waals surface area (Å²) in [4.78, 5) is 23.8. The summed E-state index contributed by atoms with van der Waals surface area (Å²) >= 11 is 9.95. The highest BCUT2D eigenvalue weighted by Crippen LogP contribution is 2.11. The molecule has 0 radical (unpaired) electrons. The monoisotopic (exact) mass is 532 g/mol. The minimum Gasteiger partial charge on any atom is -0.343 e. The standard InChI is InChI=1S/C11H14BrN3O.C6H5Br2N/c1-14-4-5-15(8-11(14)16)7-10-3-2-9(12)6-13-10;7-3-6-2-1-5(8)4-9-6/h2-3,6H,4-5,7-8H2,1H3;1-2,4H,3H2. The number of rotatable bonds is 3. The molecule has 0 unspecified atom stereocenters. The van der Waals surface area contributed by atoms with Crippen molar-refractivity contribution in [3.05, 3.63) is 57.0 Å². The predicted octanol–water partition coefficient (Wildman–Crippen LogP) is 3.86. The molecule has 1 aliphatic heterocycles. The third-order valence-electron chi connectivity index (χ3n) is 3.64. The lowest BCUT2D eigenvalue weighted by Gasteiger charge is -2.31. The van der Waals surface area contributed by atoms with Crippen LogP contribution in [0.2, 0.25) is 0 Å². The normalized spacial score (nSPS) is 14.9. The van der Waals surface area contributed by atoms with E-state index >= 15 is 0 Å². The molecule has 1 aliphatic rings. The molecule has 2 aromatic heterocycles. The predicted molar refractivity (Wildman–Crippen MR) is 109 cm³/mol. The molecular weight excluding hydrogens is 516 g/mol. The molecule has 2 aromatic rings. The Kier molecular flexibility index (Phi) is 8.48. The van der Waals surface area contributed by atoms with E-state index in [9.17, 15) is 4.79 Å². The van der Waals surface area contributed by atoms with Crippen molar-refractivity contribution in [1.82, 2.24) is 19.8 Å². The molecule has 0 aliphatic carbocycles. The maximum absolute atomic E-state index is 11.5. The molecule has 3 rings (SSSR count). The zero-order chi connectivity index (χ0) is 18.2. The van der Waals surface area contributed by atoms with Crippen molar-refractivity contribution in [3.63, 3.8) is 0 Å². The third-order valence-corrected chi connectivity index (χ3v) is 5.15. The highest BCUT2D eigenvalue weighted by molar-refractivity contribution is 9.10. The summed E-state index contributed by atoms with van der Waals surface area (Å²) in [5.74, 6) is 0.184. The van der Waals surface area contributed by atoms with Crippen LogP contribution in [-0.2, 0) is 16.7 Å². The molecule has 0 saturated carbocycles. The molecule has 0 bridgehead atoms. The largest absolute Gasteiger partial charge is 0.343 e. The Labute approximate surface area is 173 Å². The first-order valence-electron chi connectivity index (χ1n) is 7.71. The van der Waals surface area contributed by atoms with Gasteiger partial charge in [0.1, 0.15) is 0 Å². The summed E-state index contributed by atoms with van der Waals surface area (Å²) in [5, 5.41) is 0.820. The number of aromatic nitrogens is 2. The number of alkyl halides is 1. The van der Waals surface area contributed by atoms with Crippen LogP contribution in [0.3, 0.4) is 0 Å². The molecule has 0 spiro atoms. The van der Waals surface area contributed by atoms with E-state index in [0.717, 1.165) is 45.3 Å². The Hall–Kier alpha value is -0.830. The first-order chi connectivity index (χ1) is 12.0. The zero-order valence-electron chi connectivity index (χ0n) is 13.8. The number of piperazine rings is 1. The number of halogens is 3. The van der Waals surface area contributed by atoms with Gasteiger partial charge in [0.05, 0.1) is 17.9 Å². The third kappa shape index (κ3) is 7.13. The van der Waals surface area contributed by atoms with E-state index in [2.05, 4.69) is 62.7 Å². The topological polar surface area (TPSA) is 49.3 Å². The van der Waals surface area contributed by atoms with Gasteiger partial charge in [-0.2, -0.15) is 0 Å². The van der Waals surface area contributed by atoms with Crippen LogP contribution in [0.4, 0.5) is 0 Å². The maximum atomic E-state index is 11.5. The molecule has 1 saturated heterocycles. The van der Waals surface area contributed by atoms with Gasteiger partial charge in [-0.25, -0.2) is 0 Å². The second-order valence-corrected chi connectivity index (χ2v) is 7.99. The van der Waals surface area contributed by atoms with Crippen LogP contribution in [0.15, 0.2) is 45.6 Å². The van der Waals surface area contributed by atoms with Crippen LogP contribution in [-0.4, -0.2) is 52.4 Å². The SMILES string of the molecule is BrCc1ccc(Br)cn1.CN1CCN(Cc2ccc(Br)cn2)CC1=O. The minimum atomic E-state index is 0.184. The molecule has 0 aromatic carbocycles. The fourth-order valence-electron chi connectivity index (χ4n) is 2.16. The number of nitrogens with zero attached hydrogens (tertiary/aromatic N) is 4. The van der Waals surface area contributed by atoms with Crippen LogP contribution in [0.1, 0.15) is 11.4 Å². The van der Waals surface area contributed by atoms with Gasteiger partial charge in [0.2, 0.25) is 5.91 Å². The summed E-state index contributed by atoms with van der Waals surface area (Å²) in [7, 11) is 1.84. The first-order valence-corrected chi connectivity index (χ1v) is 10.4. The molecule has 0 atom stereocenters. The first kappa shape index (κ1) is 20.5. The van der Waals surface area contributed by atoms with Crippen molar-refractivity contribution in [2.45, 2.75) is 11.9 Å². The van der Waals surface area contributed by atoms with Crippen LogP contribution in [0, 0.1) is 0 Å². The van der Waals surface area contributed by atoms with Crippen molar-refractivity contribution in [1.29, 1.82) is 0 Å². The van der Waals surface area contributed by atoms with Crippen LogP contribution in [0.25, 0.3) is 0 Å². The minimum absolute atomic E-state index is 0.184. The Bertz CT molecular complexity index is 679. The second-order valence-electron chi connectivity index (χ2n) is 5.60. The number of carbonyl (C=O) groups excluding carboxylic acids is 1. The molecule has 5 nitrogen and oxygen atoms in total. The second kappa shape index (κ2) is 10.4.